The van der Waals surface area contributed by atoms with Crippen molar-refractivity contribution in [1.82, 2.24) is 9.38 Å². The molecule has 7 nitrogen and oxygen atoms in total. The Balaban J connectivity index is 1.62. The molecular formula is C20H21N3O4. The fraction of sp³-hybridized carbons (Fsp3) is 0.250. The molecule has 0 aliphatic carbocycles. The van der Waals surface area contributed by atoms with Crippen LogP contribution in [0.2, 0.25) is 0 Å². The number of aromatic nitrogens is 2. The molecule has 0 saturated carbocycles. The molecule has 1 amide bonds. The molecule has 0 unspecified atom stereocenters. The molecule has 0 radical (unpaired) electrons. The van der Waals surface area contributed by atoms with E-state index in [1.807, 2.05) is 26.0 Å². The van der Waals surface area contributed by atoms with Crippen LogP contribution in [0, 0.1) is 6.92 Å². The minimum Gasteiger partial charge on any atom is -0.494 e. The average molecular weight is 367 g/mol. The van der Waals surface area contributed by atoms with Crippen molar-refractivity contribution in [1.29, 1.82) is 0 Å². The van der Waals surface area contributed by atoms with Gasteiger partial charge in [-0.2, -0.15) is 0 Å². The van der Waals surface area contributed by atoms with Crippen LogP contribution >= 0.6 is 0 Å². The summed E-state index contributed by atoms with van der Waals surface area (Å²) in [5.74, 6) is -0.350. The zero-order valence-electron chi connectivity index (χ0n) is 15.4. The Morgan fingerprint density at radius 3 is 2.59 bits per heavy atom. The van der Waals surface area contributed by atoms with Crippen molar-refractivity contribution < 1.29 is 19.1 Å². The van der Waals surface area contributed by atoms with Crippen molar-refractivity contribution in [3.05, 3.63) is 60.0 Å². The summed E-state index contributed by atoms with van der Waals surface area (Å²) < 4.78 is 12.4. The topological polar surface area (TPSA) is 81.9 Å². The Kier molecular flexibility index (Phi) is 5.40. The van der Waals surface area contributed by atoms with Gasteiger partial charge in [-0.3, -0.25) is 4.79 Å². The van der Waals surface area contributed by atoms with Crippen LogP contribution in [-0.4, -0.2) is 34.0 Å². The van der Waals surface area contributed by atoms with Crippen LogP contribution in [0.4, 0.5) is 5.69 Å². The number of benzene rings is 1. The van der Waals surface area contributed by atoms with E-state index in [9.17, 15) is 9.59 Å². The van der Waals surface area contributed by atoms with Crippen LogP contribution in [-0.2, 0) is 9.53 Å². The van der Waals surface area contributed by atoms with Crippen molar-refractivity contribution >= 4 is 23.2 Å². The van der Waals surface area contributed by atoms with Gasteiger partial charge in [0, 0.05) is 17.6 Å². The molecular weight excluding hydrogens is 346 g/mol. The molecule has 1 N–H and O–H groups in total. The Morgan fingerprint density at radius 1 is 1.19 bits per heavy atom. The van der Waals surface area contributed by atoms with Gasteiger partial charge in [-0.25, -0.2) is 9.78 Å². The largest absolute Gasteiger partial charge is 0.494 e. The Bertz CT molecular complexity index is 963. The molecule has 2 aromatic heterocycles. The van der Waals surface area contributed by atoms with Gasteiger partial charge in [-0.05, 0) is 57.2 Å². The van der Waals surface area contributed by atoms with Crippen LogP contribution in [0.15, 0.2) is 48.7 Å². The van der Waals surface area contributed by atoms with Crippen LogP contribution in [0.3, 0.4) is 0 Å². The Hall–Kier alpha value is -3.35. The number of carbonyl (C=O) groups excluding carboxylic acids is 2. The molecule has 0 saturated heterocycles. The molecule has 0 spiro atoms. The molecule has 0 aliphatic heterocycles. The van der Waals surface area contributed by atoms with Crippen LogP contribution in [0.1, 0.15) is 30.0 Å². The highest BCUT2D eigenvalue weighted by Gasteiger charge is 2.21. The number of pyridine rings is 1. The zero-order valence-corrected chi connectivity index (χ0v) is 15.4. The van der Waals surface area contributed by atoms with E-state index in [1.165, 1.54) is 6.92 Å². The number of amides is 1. The number of hydrogen-bond donors (Lipinski definition) is 1. The maximum atomic E-state index is 12.3. The molecule has 3 aromatic rings. The van der Waals surface area contributed by atoms with E-state index in [-0.39, 0.29) is 5.69 Å². The Labute approximate surface area is 156 Å². The van der Waals surface area contributed by atoms with Crippen molar-refractivity contribution in [3.8, 4) is 5.75 Å². The number of esters is 1. The van der Waals surface area contributed by atoms with Crippen molar-refractivity contribution in [3.63, 3.8) is 0 Å². The number of fused-ring (bicyclic) bond motifs is 1. The second-order valence-electron chi connectivity index (χ2n) is 6.02. The summed E-state index contributed by atoms with van der Waals surface area (Å²) in [5, 5.41) is 2.71. The summed E-state index contributed by atoms with van der Waals surface area (Å²) in [7, 11) is 0. The number of carbonyl (C=O) groups is 2. The van der Waals surface area contributed by atoms with Crippen molar-refractivity contribution in [2.24, 2.45) is 0 Å². The number of imidazole rings is 1. The molecule has 27 heavy (non-hydrogen) atoms. The van der Waals surface area contributed by atoms with E-state index in [2.05, 4.69) is 10.3 Å². The summed E-state index contributed by atoms with van der Waals surface area (Å²) in [5.41, 5.74) is 2.34. The highest BCUT2D eigenvalue weighted by atomic mass is 16.5. The second kappa shape index (κ2) is 7.90. The average Bonchev–Trinajstić information content (AvgIpc) is 3.09. The van der Waals surface area contributed by atoms with Crippen molar-refractivity contribution in [2.45, 2.75) is 26.9 Å². The second-order valence-corrected chi connectivity index (χ2v) is 6.02. The van der Waals surface area contributed by atoms with E-state index in [4.69, 9.17) is 9.47 Å². The van der Waals surface area contributed by atoms with Gasteiger partial charge in [0.25, 0.3) is 5.91 Å². The first-order valence-electron chi connectivity index (χ1n) is 8.67. The standard InChI is InChI=1S/C20H21N3O4/c1-4-26-16-10-8-15(9-11-16)21-19(24)14(3)27-20(25)17-12-23-13(2)6-5-7-18(23)22-17/h5-12,14H,4H2,1-3H3,(H,21,24)/t14-/m1/s1. The van der Waals surface area contributed by atoms with E-state index in [1.54, 1.807) is 40.9 Å². The minimum absolute atomic E-state index is 0.157. The maximum absolute atomic E-state index is 12.3. The summed E-state index contributed by atoms with van der Waals surface area (Å²) in [4.78, 5) is 28.8. The third-order valence-corrected chi connectivity index (χ3v) is 3.99. The molecule has 0 fully saturated rings. The first kappa shape index (κ1) is 18.4. The summed E-state index contributed by atoms with van der Waals surface area (Å²) in [6.07, 6.45) is 0.638. The number of aryl methyl sites for hydroxylation is 1. The van der Waals surface area contributed by atoms with Gasteiger partial charge in [0.15, 0.2) is 11.8 Å². The molecule has 0 bridgehead atoms. The Morgan fingerprint density at radius 2 is 1.93 bits per heavy atom. The smallest absolute Gasteiger partial charge is 0.359 e. The lowest BCUT2D eigenvalue weighted by molar-refractivity contribution is -0.123. The number of nitrogens with zero attached hydrogens (tertiary/aromatic N) is 2. The predicted molar refractivity (Wildman–Crippen MR) is 101 cm³/mol. The molecule has 2 heterocycles. The van der Waals surface area contributed by atoms with E-state index >= 15 is 0 Å². The highest BCUT2D eigenvalue weighted by Crippen LogP contribution is 2.16. The highest BCUT2D eigenvalue weighted by molar-refractivity contribution is 5.97. The van der Waals surface area contributed by atoms with E-state index < -0.39 is 18.0 Å². The first-order valence-corrected chi connectivity index (χ1v) is 8.67. The van der Waals surface area contributed by atoms with Gasteiger partial charge >= 0.3 is 5.97 Å². The van der Waals surface area contributed by atoms with Gasteiger partial charge in [-0.1, -0.05) is 6.07 Å². The number of ether oxygens (including phenoxy) is 2. The van der Waals surface area contributed by atoms with Gasteiger partial charge in [0.05, 0.1) is 6.61 Å². The number of hydrogen-bond acceptors (Lipinski definition) is 5. The molecule has 0 aliphatic rings. The monoisotopic (exact) mass is 367 g/mol. The van der Waals surface area contributed by atoms with Gasteiger partial charge in [-0.15, -0.1) is 0 Å². The zero-order chi connectivity index (χ0) is 19.4. The molecule has 1 atom stereocenters. The van der Waals surface area contributed by atoms with Crippen molar-refractivity contribution in [2.75, 3.05) is 11.9 Å². The van der Waals surface area contributed by atoms with E-state index in [0.717, 1.165) is 11.4 Å². The van der Waals surface area contributed by atoms with Gasteiger partial charge < -0.3 is 19.2 Å². The number of anilines is 1. The van der Waals surface area contributed by atoms with Crippen LogP contribution in [0.5, 0.6) is 5.75 Å². The summed E-state index contributed by atoms with van der Waals surface area (Å²) >= 11 is 0. The summed E-state index contributed by atoms with van der Waals surface area (Å²) in [6.45, 7) is 5.90. The third-order valence-electron chi connectivity index (χ3n) is 3.99. The van der Waals surface area contributed by atoms with Crippen LogP contribution < -0.4 is 10.1 Å². The van der Waals surface area contributed by atoms with Crippen LogP contribution in [0.25, 0.3) is 5.65 Å². The minimum atomic E-state index is -0.963. The van der Waals surface area contributed by atoms with E-state index in [0.29, 0.717) is 17.9 Å². The lowest BCUT2D eigenvalue weighted by Gasteiger charge is -2.13. The third kappa shape index (κ3) is 4.25. The molecule has 140 valence electrons. The lowest BCUT2D eigenvalue weighted by atomic mass is 10.3. The molecule has 1 aromatic carbocycles. The summed E-state index contributed by atoms with van der Waals surface area (Å²) in [6, 6.07) is 12.5. The molecule has 3 rings (SSSR count). The predicted octanol–water partition coefficient (Wildman–Crippen LogP) is 3.23. The first-order chi connectivity index (χ1) is 13.0. The SMILES string of the molecule is CCOc1ccc(NC(=O)[C@@H](C)OC(=O)c2cn3c(C)cccc3n2)cc1. The maximum Gasteiger partial charge on any atom is 0.359 e. The fourth-order valence-electron chi connectivity index (χ4n) is 2.57. The van der Waals surface area contributed by atoms with Gasteiger partial charge in [0.2, 0.25) is 0 Å². The fourth-order valence-corrected chi connectivity index (χ4v) is 2.57. The normalized spacial score (nSPS) is 11.8. The number of nitrogens with one attached hydrogen (secondary N) is 1. The van der Waals surface area contributed by atoms with Gasteiger partial charge in [0.1, 0.15) is 11.4 Å². The number of rotatable bonds is 6. The lowest BCUT2D eigenvalue weighted by Crippen LogP contribution is -2.30. The quantitative estimate of drug-likeness (QED) is 0.677. The molecule has 7 heteroatoms.